The molecule has 0 radical (unpaired) electrons. The van der Waals surface area contributed by atoms with Crippen molar-refractivity contribution in [3.05, 3.63) is 17.8 Å². The number of nitrogens with zero attached hydrogens (tertiary/aromatic N) is 2. The Morgan fingerprint density at radius 3 is 2.86 bits per heavy atom. The molecule has 1 aliphatic carbocycles. The SMILES string of the molecule is CN(C)Cc1nc(NC(=O)C2CC2)ccc1O[C@@H]1CCOC1. The highest BCUT2D eigenvalue weighted by molar-refractivity contribution is 5.93. The minimum absolute atomic E-state index is 0.0705. The van der Waals surface area contributed by atoms with Gasteiger partial charge in [-0.05, 0) is 39.1 Å². The van der Waals surface area contributed by atoms with Crippen LogP contribution in [0.3, 0.4) is 0 Å². The fourth-order valence-corrected chi connectivity index (χ4v) is 2.44. The van der Waals surface area contributed by atoms with E-state index in [4.69, 9.17) is 9.47 Å². The number of ether oxygens (including phenoxy) is 2. The molecular formula is C16H23N3O3. The minimum atomic E-state index is 0.0705. The van der Waals surface area contributed by atoms with Crippen LogP contribution in [0.4, 0.5) is 5.82 Å². The fourth-order valence-electron chi connectivity index (χ4n) is 2.44. The minimum Gasteiger partial charge on any atom is -0.486 e. The van der Waals surface area contributed by atoms with Crippen LogP contribution in [0.2, 0.25) is 0 Å². The quantitative estimate of drug-likeness (QED) is 0.866. The summed E-state index contributed by atoms with van der Waals surface area (Å²) in [5.74, 6) is 1.62. The molecule has 1 saturated heterocycles. The van der Waals surface area contributed by atoms with Crippen LogP contribution in [0.25, 0.3) is 0 Å². The third-order valence-corrected chi connectivity index (χ3v) is 3.78. The highest BCUT2D eigenvalue weighted by Gasteiger charge is 2.30. The molecule has 2 heterocycles. The molecule has 6 heteroatoms. The molecule has 1 amide bonds. The lowest BCUT2D eigenvalue weighted by atomic mass is 10.2. The van der Waals surface area contributed by atoms with Gasteiger partial charge in [-0.3, -0.25) is 4.79 Å². The number of pyridine rings is 1. The standard InChI is InChI=1S/C16H23N3O3/c1-19(2)9-13-14(22-12-7-8-21-10-12)5-6-15(17-13)18-16(20)11-3-4-11/h5-6,11-12H,3-4,7-10H2,1-2H3,(H,17,18,20)/t12-/m1/s1. The van der Waals surface area contributed by atoms with Crippen molar-refractivity contribution in [3.63, 3.8) is 0 Å². The van der Waals surface area contributed by atoms with Crippen molar-refractivity contribution in [2.24, 2.45) is 5.92 Å². The Morgan fingerprint density at radius 2 is 2.23 bits per heavy atom. The molecule has 2 fully saturated rings. The molecule has 1 N–H and O–H groups in total. The predicted molar refractivity (Wildman–Crippen MR) is 82.8 cm³/mol. The van der Waals surface area contributed by atoms with Gasteiger partial charge in [-0.1, -0.05) is 0 Å². The second kappa shape index (κ2) is 6.62. The van der Waals surface area contributed by atoms with Gasteiger partial charge in [0.2, 0.25) is 5.91 Å². The van der Waals surface area contributed by atoms with E-state index in [1.54, 1.807) is 0 Å². The van der Waals surface area contributed by atoms with Crippen molar-refractivity contribution in [1.82, 2.24) is 9.88 Å². The molecule has 120 valence electrons. The van der Waals surface area contributed by atoms with Crippen LogP contribution in [0.5, 0.6) is 5.75 Å². The lowest BCUT2D eigenvalue weighted by molar-refractivity contribution is -0.117. The Balaban J connectivity index is 1.73. The van der Waals surface area contributed by atoms with Crippen LogP contribution in [-0.2, 0) is 16.1 Å². The van der Waals surface area contributed by atoms with Gasteiger partial charge in [0.15, 0.2) is 0 Å². The molecule has 2 aliphatic rings. The summed E-state index contributed by atoms with van der Waals surface area (Å²) in [5, 5.41) is 2.89. The van der Waals surface area contributed by atoms with E-state index in [-0.39, 0.29) is 17.9 Å². The number of anilines is 1. The number of carbonyl (C=O) groups is 1. The largest absolute Gasteiger partial charge is 0.486 e. The molecule has 0 unspecified atom stereocenters. The van der Waals surface area contributed by atoms with Gasteiger partial charge < -0.3 is 19.7 Å². The summed E-state index contributed by atoms with van der Waals surface area (Å²) >= 11 is 0. The maximum absolute atomic E-state index is 11.9. The molecule has 22 heavy (non-hydrogen) atoms. The van der Waals surface area contributed by atoms with E-state index in [1.807, 2.05) is 31.1 Å². The number of carbonyl (C=O) groups excluding carboxylic acids is 1. The monoisotopic (exact) mass is 305 g/mol. The van der Waals surface area contributed by atoms with Gasteiger partial charge in [0.25, 0.3) is 0 Å². The van der Waals surface area contributed by atoms with E-state index in [0.717, 1.165) is 37.3 Å². The lowest BCUT2D eigenvalue weighted by Gasteiger charge is -2.18. The molecule has 1 aromatic heterocycles. The Hall–Kier alpha value is -1.66. The highest BCUT2D eigenvalue weighted by atomic mass is 16.5. The maximum Gasteiger partial charge on any atom is 0.228 e. The summed E-state index contributed by atoms with van der Waals surface area (Å²) in [7, 11) is 3.97. The molecule has 1 saturated carbocycles. The van der Waals surface area contributed by atoms with Crippen molar-refractivity contribution in [2.75, 3.05) is 32.6 Å². The molecule has 1 aliphatic heterocycles. The summed E-state index contributed by atoms with van der Waals surface area (Å²) in [6.45, 7) is 2.04. The van der Waals surface area contributed by atoms with Gasteiger partial charge >= 0.3 is 0 Å². The number of hydrogen-bond donors (Lipinski definition) is 1. The lowest BCUT2D eigenvalue weighted by Crippen LogP contribution is -2.20. The van der Waals surface area contributed by atoms with Crippen LogP contribution in [-0.4, -0.2) is 49.2 Å². The molecular weight excluding hydrogens is 282 g/mol. The van der Waals surface area contributed by atoms with Gasteiger partial charge in [-0.25, -0.2) is 4.98 Å². The van der Waals surface area contributed by atoms with Crippen LogP contribution >= 0.6 is 0 Å². The van der Waals surface area contributed by atoms with Gasteiger partial charge in [0, 0.05) is 18.9 Å². The normalized spacial score (nSPS) is 21.1. The van der Waals surface area contributed by atoms with E-state index in [0.29, 0.717) is 19.0 Å². The maximum atomic E-state index is 11.9. The zero-order valence-electron chi connectivity index (χ0n) is 13.2. The Morgan fingerprint density at radius 1 is 1.41 bits per heavy atom. The number of hydrogen-bond acceptors (Lipinski definition) is 5. The van der Waals surface area contributed by atoms with Gasteiger partial charge in [0.05, 0.1) is 18.9 Å². The number of aromatic nitrogens is 1. The zero-order chi connectivity index (χ0) is 15.5. The molecule has 0 aromatic carbocycles. The Kier molecular flexibility index (Phi) is 4.59. The van der Waals surface area contributed by atoms with Crippen LogP contribution in [0.15, 0.2) is 12.1 Å². The number of rotatable bonds is 6. The highest BCUT2D eigenvalue weighted by Crippen LogP contribution is 2.30. The van der Waals surface area contributed by atoms with Crippen molar-refractivity contribution < 1.29 is 14.3 Å². The summed E-state index contributed by atoms with van der Waals surface area (Å²) in [6.07, 6.45) is 2.97. The predicted octanol–water partition coefficient (Wildman–Crippen LogP) is 1.66. The van der Waals surface area contributed by atoms with Crippen LogP contribution in [0.1, 0.15) is 25.0 Å². The second-order valence-corrected chi connectivity index (χ2v) is 6.25. The molecule has 1 aromatic rings. The van der Waals surface area contributed by atoms with E-state index in [9.17, 15) is 4.79 Å². The number of nitrogens with one attached hydrogen (secondary N) is 1. The van der Waals surface area contributed by atoms with E-state index >= 15 is 0 Å². The fraction of sp³-hybridized carbons (Fsp3) is 0.625. The summed E-state index contributed by atoms with van der Waals surface area (Å²) in [6, 6.07) is 3.71. The van der Waals surface area contributed by atoms with E-state index in [2.05, 4.69) is 10.3 Å². The van der Waals surface area contributed by atoms with Gasteiger partial charge in [-0.15, -0.1) is 0 Å². The first-order valence-electron chi connectivity index (χ1n) is 7.82. The third-order valence-electron chi connectivity index (χ3n) is 3.78. The topological polar surface area (TPSA) is 63.7 Å². The van der Waals surface area contributed by atoms with E-state index < -0.39 is 0 Å². The first-order chi connectivity index (χ1) is 10.6. The molecule has 3 rings (SSSR count). The average Bonchev–Trinajstić information content (AvgIpc) is 3.20. The van der Waals surface area contributed by atoms with Crippen molar-refractivity contribution in [1.29, 1.82) is 0 Å². The Labute approximate surface area is 130 Å². The van der Waals surface area contributed by atoms with E-state index in [1.165, 1.54) is 0 Å². The first kappa shape index (κ1) is 15.2. The second-order valence-electron chi connectivity index (χ2n) is 6.25. The summed E-state index contributed by atoms with van der Waals surface area (Å²) in [4.78, 5) is 18.5. The van der Waals surface area contributed by atoms with Gasteiger partial charge in [0.1, 0.15) is 17.7 Å². The van der Waals surface area contributed by atoms with Crippen molar-refractivity contribution in [3.8, 4) is 5.75 Å². The Bertz CT molecular complexity index is 537. The smallest absolute Gasteiger partial charge is 0.228 e. The van der Waals surface area contributed by atoms with Crippen LogP contribution in [0, 0.1) is 5.92 Å². The van der Waals surface area contributed by atoms with Crippen LogP contribution < -0.4 is 10.1 Å². The zero-order valence-corrected chi connectivity index (χ0v) is 13.2. The van der Waals surface area contributed by atoms with Crippen molar-refractivity contribution in [2.45, 2.75) is 31.9 Å². The summed E-state index contributed by atoms with van der Waals surface area (Å²) < 4.78 is 11.3. The molecule has 0 spiro atoms. The first-order valence-corrected chi connectivity index (χ1v) is 7.82. The van der Waals surface area contributed by atoms with Crippen molar-refractivity contribution >= 4 is 11.7 Å². The molecule has 0 bridgehead atoms. The molecule has 6 nitrogen and oxygen atoms in total. The van der Waals surface area contributed by atoms with Gasteiger partial charge in [-0.2, -0.15) is 0 Å². The third kappa shape index (κ3) is 3.96. The number of amides is 1. The average molecular weight is 305 g/mol. The summed E-state index contributed by atoms with van der Waals surface area (Å²) in [5.41, 5.74) is 0.838. The molecule has 1 atom stereocenters.